The van der Waals surface area contributed by atoms with Gasteiger partial charge in [0.15, 0.2) is 5.89 Å². The molecule has 11 heteroatoms. The molecule has 3 saturated carbocycles. The van der Waals surface area contributed by atoms with Crippen molar-refractivity contribution in [2.45, 2.75) is 108 Å². The molecule has 2 aromatic rings. The van der Waals surface area contributed by atoms with E-state index in [0.29, 0.717) is 74.9 Å². The summed E-state index contributed by atoms with van der Waals surface area (Å²) in [4.78, 5) is 43.0. The molecular formula is C38H51N5O6. The van der Waals surface area contributed by atoms with E-state index in [-0.39, 0.29) is 30.1 Å². The monoisotopic (exact) mass is 673 g/mol. The second-order valence-corrected chi connectivity index (χ2v) is 14.8. The average Bonchev–Trinajstić information content (AvgIpc) is 3.87. The largest absolute Gasteiger partial charge is 0.481 e. The highest BCUT2D eigenvalue weighted by Gasteiger charge is 2.36. The summed E-state index contributed by atoms with van der Waals surface area (Å²) in [6.07, 6.45) is 17.0. The fourth-order valence-corrected chi connectivity index (χ4v) is 8.14. The highest BCUT2D eigenvalue weighted by molar-refractivity contribution is 5.94. The molecule has 5 aliphatic rings. The van der Waals surface area contributed by atoms with Crippen molar-refractivity contribution in [1.82, 2.24) is 15.3 Å². The minimum atomic E-state index is -0.359. The van der Waals surface area contributed by atoms with E-state index in [1.54, 1.807) is 19.6 Å². The minimum absolute atomic E-state index is 0.101. The van der Waals surface area contributed by atoms with E-state index in [9.17, 15) is 9.59 Å². The molecule has 1 unspecified atom stereocenters. The smallest absolute Gasteiger partial charge is 0.407 e. The molecule has 4 heterocycles. The molecule has 11 nitrogen and oxygen atoms in total. The van der Waals surface area contributed by atoms with Gasteiger partial charge in [-0.3, -0.25) is 9.69 Å². The maximum atomic E-state index is 14.4. The molecule has 2 amide bonds. The first-order valence-corrected chi connectivity index (χ1v) is 18.5. The zero-order valence-electron chi connectivity index (χ0n) is 29.0. The van der Waals surface area contributed by atoms with Crippen LogP contribution < -0.4 is 10.2 Å². The zero-order valence-corrected chi connectivity index (χ0v) is 29.0. The van der Waals surface area contributed by atoms with E-state index in [2.05, 4.69) is 23.4 Å². The maximum absolute atomic E-state index is 14.4. The number of nitrogens with one attached hydrogen (secondary N) is 1. The van der Waals surface area contributed by atoms with Gasteiger partial charge in [-0.2, -0.15) is 0 Å². The fraction of sp³-hybridized carbons (Fsp3) is 0.658. The van der Waals surface area contributed by atoms with Crippen LogP contribution >= 0.6 is 0 Å². The molecule has 0 bridgehead atoms. The molecule has 2 aromatic heterocycles. The molecule has 7 rings (SSSR count). The average molecular weight is 674 g/mol. The Bertz CT molecular complexity index is 1510. The number of rotatable bonds is 10. The summed E-state index contributed by atoms with van der Waals surface area (Å²) in [5, 5.41) is 2.99. The molecular weight excluding hydrogens is 622 g/mol. The Morgan fingerprint density at radius 3 is 2.49 bits per heavy atom. The van der Waals surface area contributed by atoms with E-state index >= 15 is 0 Å². The van der Waals surface area contributed by atoms with Crippen LogP contribution in [0.5, 0.6) is 0 Å². The summed E-state index contributed by atoms with van der Waals surface area (Å²) >= 11 is 0. The summed E-state index contributed by atoms with van der Waals surface area (Å²) < 4.78 is 22.4. The number of anilines is 1. The summed E-state index contributed by atoms with van der Waals surface area (Å²) in [6, 6.07) is 4.04. The minimum Gasteiger partial charge on any atom is -0.481 e. The lowest BCUT2D eigenvalue weighted by atomic mass is 9.73. The Hall–Kier alpha value is -3.73. The molecule has 4 fully saturated rings. The van der Waals surface area contributed by atoms with Gasteiger partial charge in [0.25, 0.3) is 0 Å². The third-order valence-electron chi connectivity index (χ3n) is 11.3. The van der Waals surface area contributed by atoms with Gasteiger partial charge in [0, 0.05) is 61.5 Å². The Balaban J connectivity index is 1.00. The maximum Gasteiger partial charge on any atom is 0.407 e. The molecule has 2 aliphatic heterocycles. The lowest BCUT2D eigenvalue weighted by Crippen LogP contribution is -2.44. The first kappa shape index (κ1) is 33.8. The molecule has 1 atom stereocenters. The second-order valence-electron chi connectivity index (χ2n) is 14.8. The number of hydrogen-bond donors (Lipinski definition) is 1. The predicted molar refractivity (Wildman–Crippen MR) is 185 cm³/mol. The van der Waals surface area contributed by atoms with Gasteiger partial charge in [0.2, 0.25) is 11.8 Å². The van der Waals surface area contributed by atoms with Crippen LogP contribution in [0.4, 0.5) is 10.6 Å². The number of aromatic nitrogens is 2. The van der Waals surface area contributed by atoms with Crippen LogP contribution in [-0.4, -0.2) is 67.2 Å². The van der Waals surface area contributed by atoms with E-state index in [1.165, 1.54) is 5.57 Å². The summed E-state index contributed by atoms with van der Waals surface area (Å²) in [7, 11) is 1.68. The Morgan fingerprint density at radius 2 is 1.78 bits per heavy atom. The molecule has 1 N–H and O–H groups in total. The molecule has 0 aromatic carbocycles. The van der Waals surface area contributed by atoms with Gasteiger partial charge >= 0.3 is 6.09 Å². The lowest BCUT2D eigenvalue weighted by molar-refractivity contribution is -0.124. The fourth-order valence-electron chi connectivity index (χ4n) is 8.14. The van der Waals surface area contributed by atoms with Crippen LogP contribution in [0.1, 0.15) is 102 Å². The summed E-state index contributed by atoms with van der Waals surface area (Å²) in [6.45, 7) is 4.09. The Morgan fingerprint density at radius 1 is 1.00 bits per heavy atom. The number of hydrogen-bond acceptors (Lipinski definition) is 9. The van der Waals surface area contributed by atoms with Crippen LogP contribution in [0, 0.1) is 23.7 Å². The van der Waals surface area contributed by atoms with Crippen LogP contribution in [0.2, 0.25) is 0 Å². The van der Waals surface area contributed by atoms with Crippen molar-refractivity contribution in [2.75, 3.05) is 31.8 Å². The molecule has 3 aliphatic carbocycles. The number of allylic oxidation sites excluding steroid dienone is 1. The van der Waals surface area contributed by atoms with Gasteiger partial charge in [-0.05, 0) is 120 Å². The van der Waals surface area contributed by atoms with E-state index < -0.39 is 0 Å². The topological polar surface area (TPSA) is 128 Å². The van der Waals surface area contributed by atoms with E-state index in [0.717, 1.165) is 80.8 Å². The van der Waals surface area contributed by atoms with Crippen molar-refractivity contribution in [2.24, 2.45) is 28.7 Å². The van der Waals surface area contributed by atoms with E-state index in [1.807, 2.05) is 17.0 Å². The molecule has 0 spiro atoms. The Labute approximate surface area is 289 Å². The van der Waals surface area contributed by atoms with Crippen molar-refractivity contribution in [1.29, 1.82) is 0 Å². The highest BCUT2D eigenvalue weighted by Crippen LogP contribution is 2.41. The summed E-state index contributed by atoms with van der Waals surface area (Å²) in [5.74, 6) is 4.03. The van der Waals surface area contributed by atoms with Crippen LogP contribution in [0.3, 0.4) is 0 Å². The number of pyridine rings is 1. The highest BCUT2D eigenvalue weighted by atomic mass is 16.6. The number of nitrogens with zero attached hydrogens (tertiary/aromatic N) is 4. The first-order valence-electron chi connectivity index (χ1n) is 18.5. The van der Waals surface area contributed by atoms with Crippen molar-refractivity contribution in [3.05, 3.63) is 41.9 Å². The number of ether oxygens (including phenoxy) is 3. The van der Waals surface area contributed by atoms with Crippen molar-refractivity contribution in [3.63, 3.8) is 0 Å². The quantitative estimate of drug-likeness (QED) is 0.281. The zero-order chi connectivity index (χ0) is 33.7. The third kappa shape index (κ3) is 8.36. The number of oxazole rings is 1. The number of amides is 2. The van der Waals surface area contributed by atoms with Gasteiger partial charge in [0.1, 0.15) is 23.9 Å². The van der Waals surface area contributed by atoms with Gasteiger partial charge in [-0.15, -0.1) is 0 Å². The number of carbonyl (C=O) groups is 2. The Kier molecular flexibility index (Phi) is 10.6. The second kappa shape index (κ2) is 15.4. The van der Waals surface area contributed by atoms with Gasteiger partial charge in [-0.25, -0.2) is 19.8 Å². The third-order valence-corrected chi connectivity index (χ3v) is 11.3. The molecule has 0 radical (unpaired) electrons. The molecule has 264 valence electrons. The molecule has 1 saturated heterocycles. The SMILES string of the molecule is COC1=C(C)CC(C2CCC(CN(C(=O)C3CCC(OC(=O)NC4CCOCC4)CC3)c3cc(-c4coc(C5CC5)n4)ccn3)CC2)C=N1. The van der Waals surface area contributed by atoms with Gasteiger partial charge < -0.3 is 23.9 Å². The number of methoxy groups -OCH3 is 1. The predicted octanol–water partition coefficient (Wildman–Crippen LogP) is 7.19. The number of carbonyl (C=O) groups excluding carboxylic acids is 2. The van der Waals surface area contributed by atoms with Gasteiger partial charge in [0.05, 0.1) is 7.11 Å². The number of alkyl carbamates (subject to hydrolysis) is 1. The van der Waals surface area contributed by atoms with E-state index in [4.69, 9.17) is 28.6 Å². The van der Waals surface area contributed by atoms with Crippen molar-refractivity contribution < 1.29 is 28.2 Å². The van der Waals surface area contributed by atoms with Crippen LogP contribution in [0.25, 0.3) is 11.3 Å². The number of aliphatic imine (C=N–C) groups is 1. The normalized spacial score (nSPS) is 27.8. The molecule has 49 heavy (non-hydrogen) atoms. The van der Waals surface area contributed by atoms with Crippen molar-refractivity contribution >= 4 is 24.0 Å². The van der Waals surface area contributed by atoms with Crippen LogP contribution in [0.15, 0.2) is 45.5 Å². The van der Waals surface area contributed by atoms with Gasteiger partial charge in [-0.1, -0.05) is 0 Å². The van der Waals surface area contributed by atoms with Crippen LogP contribution in [-0.2, 0) is 19.0 Å². The standard InChI is InChI=1S/C38H51N5O6/c1-24-19-30(21-40-35(24)46-2)26-5-3-25(4-6-26)22-43(34-20-29(13-16-39-34)33-23-48-36(42-33)27-7-8-27)37(44)28-9-11-32(12-10-28)49-38(45)41-31-14-17-47-18-15-31/h13,16,20-21,23,25-28,30-32H,3-12,14-15,17-19,22H2,1-2H3,(H,41,45). The lowest BCUT2D eigenvalue weighted by Gasteiger charge is -2.37. The van der Waals surface area contributed by atoms with Crippen molar-refractivity contribution in [3.8, 4) is 11.3 Å². The summed E-state index contributed by atoms with van der Waals surface area (Å²) in [5.41, 5.74) is 2.91. The first-order chi connectivity index (χ1) is 23.9.